The summed E-state index contributed by atoms with van der Waals surface area (Å²) in [4.78, 5) is 12.8. The van der Waals surface area contributed by atoms with Gasteiger partial charge >= 0.3 is 0 Å². The lowest BCUT2D eigenvalue weighted by Gasteiger charge is -2.28. The molecule has 2 fully saturated rings. The Morgan fingerprint density at radius 2 is 2.45 bits per heavy atom. The van der Waals surface area contributed by atoms with Crippen molar-refractivity contribution in [1.29, 1.82) is 0 Å². The molecule has 3 nitrogen and oxygen atoms in total. The fraction of sp³-hybridized carbons (Fsp3) is 0.857. The van der Waals surface area contributed by atoms with Crippen LogP contribution in [-0.2, 0) is 4.79 Å². The third kappa shape index (κ3) is 1.22. The Morgan fingerprint density at radius 1 is 1.64 bits per heavy atom. The molecule has 2 aliphatic heterocycles. The van der Waals surface area contributed by atoms with Gasteiger partial charge in [0.05, 0.1) is 6.54 Å². The summed E-state index contributed by atoms with van der Waals surface area (Å²) in [5, 5.41) is 2.73. The monoisotopic (exact) mass is 158 g/mol. The molecule has 1 N–H and O–H groups in total. The van der Waals surface area contributed by atoms with Gasteiger partial charge in [0, 0.05) is 19.1 Å². The second-order valence-electron chi connectivity index (χ2n) is 3.22. The zero-order chi connectivity index (χ0) is 7.84. The normalized spacial score (nSPS) is 38.5. The van der Waals surface area contributed by atoms with Crippen LogP contribution >= 0.6 is 0 Å². The topological polar surface area (TPSA) is 32.3 Å². The Bertz CT molecular complexity index is 185. The van der Waals surface area contributed by atoms with E-state index in [1.807, 2.05) is 4.90 Å². The van der Waals surface area contributed by atoms with Crippen LogP contribution in [0.5, 0.6) is 0 Å². The smallest absolute Gasteiger partial charge is 0.234 e. The van der Waals surface area contributed by atoms with Crippen LogP contribution in [0, 0.1) is 0 Å². The molecule has 2 atom stereocenters. The Hall–Kier alpha value is -0.640. The summed E-state index contributed by atoms with van der Waals surface area (Å²) in [5.41, 5.74) is 0. The molecule has 62 valence electrons. The van der Waals surface area contributed by atoms with Gasteiger partial charge in [-0.25, -0.2) is 4.39 Å². The van der Waals surface area contributed by atoms with Gasteiger partial charge < -0.3 is 5.32 Å². The van der Waals surface area contributed by atoms with Crippen molar-refractivity contribution in [2.75, 3.05) is 19.6 Å². The number of fused-ring (bicyclic) bond motifs is 1. The van der Waals surface area contributed by atoms with E-state index >= 15 is 0 Å². The predicted octanol–water partition coefficient (Wildman–Crippen LogP) is -0.471. The molecule has 0 aromatic rings. The lowest BCUT2D eigenvalue weighted by Crippen LogP contribution is -2.51. The van der Waals surface area contributed by atoms with Crippen molar-refractivity contribution in [3.8, 4) is 0 Å². The van der Waals surface area contributed by atoms with Crippen molar-refractivity contribution < 1.29 is 9.18 Å². The molecule has 0 aliphatic carbocycles. The zero-order valence-electron chi connectivity index (χ0n) is 6.22. The van der Waals surface area contributed by atoms with Gasteiger partial charge in [-0.3, -0.25) is 9.69 Å². The van der Waals surface area contributed by atoms with Gasteiger partial charge in [-0.15, -0.1) is 0 Å². The highest BCUT2D eigenvalue weighted by Gasteiger charge is 2.35. The molecule has 2 heterocycles. The molecule has 4 heteroatoms. The summed E-state index contributed by atoms with van der Waals surface area (Å²) in [5.74, 6) is 0.0235. The molecule has 2 rings (SSSR count). The average Bonchev–Trinajstić information content (AvgIpc) is 2.27. The summed E-state index contributed by atoms with van der Waals surface area (Å²) in [6.45, 7) is 1.45. The molecule has 0 saturated carbocycles. The molecule has 2 saturated heterocycles. The van der Waals surface area contributed by atoms with E-state index in [-0.39, 0.29) is 11.9 Å². The number of alkyl halides is 1. The average molecular weight is 158 g/mol. The summed E-state index contributed by atoms with van der Waals surface area (Å²) < 4.78 is 12.8. The van der Waals surface area contributed by atoms with Gasteiger partial charge in [-0.1, -0.05) is 0 Å². The first-order valence-corrected chi connectivity index (χ1v) is 3.90. The van der Waals surface area contributed by atoms with Gasteiger partial charge in [0.2, 0.25) is 5.91 Å². The fourth-order valence-corrected chi connectivity index (χ4v) is 1.80. The highest BCUT2D eigenvalue weighted by molar-refractivity contribution is 5.79. The number of amides is 1. The lowest BCUT2D eigenvalue weighted by atomic mass is 10.2. The Labute approximate surface area is 64.6 Å². The number of nitrogens with zero attached hydrogens (tertiary/aromatic N) is 1. The standard InChI is InChI=1S/C7H11FN2O/c8-5-1-6-2-9-7(11)4-10(6)3-5/h5-6H,1-4H2,(H,9,11)/t5-,6-/m0/s1. The fourth-order valence-electron chi connectivity index (χ4n) is 1.80. The van der Waals surface area contributed by atoms with Crippen LogP contribution in [0.15, 0.2) is 0 Å². The number of hydrogen-bond donors (Lipinski definition) is 1. The molecule has 0 bridgehead atoms. The largest absolute Gasteiger partial charge is 0.353 e. The van der Waals surface area contributed by atoms with Gasteiger partial charge in [0.25, 0.3) is 0 Å². The molecular formula is C7H11FN2O. The van der Waals surface area contributed by atoms with Crippen LogP contribution in [-0.4, -0.2) is 42.7 Å². The SMILES string of the molecule is O=C1CN2C[C@@H](F)C[C@H]2CN1. The van der Waals surface area contributed by atoms with Crippen molar-refractivity contribution >= 4 is 5.91 Å². The quantitative estimate of drug-likeness (QED) is 0.517. The third-order valence-electron chi connectivity index (χ3n) is 2.36. The number of hydrogen-bond acceptors (Lipinski definition) is 2. The number of carbonyl (C=O) groups excluding carboxylic acids is 1. The maximum atomic E-state index is 12.8. The van der Waals surface area contributed by atoms with Crippen LogP contribution < -0.4 is 5.32 Å². The Balaban J connectivity index is 2.02. The second-order valence-corrected chi connectivity index (χ2v) is 3.22. The lowest BCUT2D eigenvalue weighted by molar-refractivity contribution is -0.124. The molecule has 2 aliphatic rings. The van der Waals surface area contributed by atoms with Crippen LogP contribution in [0.1, 0.15) is 6.42 Å². The van der Waals surface area contributed by atoms with Crippen molar-refractivity contribution in [3.05, 3.63) is 0 Å². The first kappa shape index (κ1) is 7.03. The summed E-state index contributed by atoms with van der Waals surface area (Å²) in [6, 6.07) is 0.252. The van der Waals surface area contributed by atoms with Gasteiger partial charge in [0.15, 0.2) is 0 Å². The molecule has 0 aromatic heterocycles. The molecule has 11 heavy (non-hydrogen) atoms. The van der Waals surface area contributed by atoms with Crippen LogP contribution in [0.2, 0.25) is 0 Å². The van der Waals surface area contributed by atoms with Gasteiger partial charge in [0.1, 0.15) is 6.17 Å². The highest BCUT2D eigenvalue weighted by atomic mass is 19.1. The van der Waals surface area contributed by atoms with E-state index in [0.717, 1.165) is 0 Å². The van der Waals surface area contributed by atoms with E-state index in [1.165, 1.54) is 0 Å². The van der Waals surface area contributed by atoms with Crippen molar-refractivity contribution in [2.45, 2.75) is 18.6 Å². The van der Waals surface area contributed by atoms with E-state index in [1.54, 1.807) is 0 Å². The first-order chi connectivity index (χ1) is 5.25. The van der Waals surface area contributed by atoms with E-state index < -0.39 is 6.17 Å². The minimum atomic E-state index is -0.729. The highest BCUT2D eigenvalue weighted by Crippen LogP contribution is 2.20. The van der Waals surface area contributed by atoms with Gasteiger partial charge in [-0.05, 0) is 6.42 Å². The zero-order valence-corrected chi connectivity index (χ0v) is 6.22. The van der Waals surface area contributed by atoms with E-state index in [9.17, 15) is 9.18 Å². The minimum Gasteiger partial charge on any atom is -0.353 e. The van der Waals surface area contributed by atoms with E-state index in [4.69, 9.17) is 0 Å². The summed E-state index contributed by atoms with van der Waals surface area (Å²) >= 11 is 0. The van der Waals surface area contributed by atoms with Crippen molar-refractivity contribution in [3.63, 3.8) is 0 Å². The molecule has 0 radical (unpaired) electrons. The van der Waals surface area contributed by atoms with Crippen LogP contribution in [0.3, 0.4) is 0 Å². The van der Waals surface area contributed by atoms with Crippen molar-refractivity contribution in [2.24, 2.45) is 0 Å². The van der Waals surface area contributed by atoms with Crippen molar-refractivity contribution in [1.82, 2.24) is 10.2 Å². The van der Waals surface area contributed by atoms with E-state index in [2.05, 4.69) is 5.32 Å². The number of halogens is 1. The maximum absolute atomic E-state index is 12.8. The predicted molar refractivity (Wildman–Crippen MR) is 37.9 cm³/mol. The van der Waals surface area contributed by atoms with Crippen LogP contribution in [0.25, 0.3) is 0 Å². The number of nitrogens with one attached hydrogen (secondary N) is 1. The minimum absolute atomic E-state index is 0.0235. The molecule has 0 unspecified atom stereocenters. The van der Waals surface area contributed by atoms with Gasteiger partial charge in [-0.2, -0.15) is 0 Å². The Kier molecular flexibility index (Phi) is 1.56. The summed E-state index contributed by atoms with van der Waals surface area (Å²) in [7, 11) is 0. The number of carbonyl (C=O) groups is 1. The molecule has 0 spiro atoms. The third-order valence-corrected chi connectivity index (χ3v) is 2.36. The number of piperazine rings is 1. The molecule has 1 amide bonds. The second kappa shape index (κ2) is 2.44. The maximum Gasteiger partial charge on any atom is 0.234 e. The van der Waals surface area contributed by atoms with E-state index in [0.29, 0.717) is 26.1 Å². The first-order valence-electron chi connectivity index (χ1n) is 3.90. The molecular weight excluding hydrogens is 147 g/mol. The summed E-state index contributed by atoms with van der Waals surface area (Å²) in [6.07, 6.45) is -0.145. The Morgan fingerprint density at radius 3 is 3.27 bits per heavy atom. The van der Waals surface area contributed by atoms with Crippen LogP contribution in [0.4, 0.5) is 4.39 Å². The molecule has 0 aromatic carbocycles. The number of rotatable bonds is 0.